The van der Waals surface area contributed by atoms with E-state index in [1.54, 1.807) is 7.11 Å². The van der Waals surface area contributed by atoms with E-state index in [4.69, 9.17) is 33.0 Å². The van der Waals surface area contributed by atoms with Gasteiger partial charge < -0.3 is 20.5 Å². The molecule has 0 bridgehead atoms. The van der Waals surface area contributed by atoms with Crippen LogP contribution >= 0.6 is 23.2 Å². The van der Waals surface area contributed by atoms with Crippen LogP contribution in [-0.2, 0) is 9.53 Å². The Labute approximate surface area is 126 Å². The highest BCUT2D eigenvalue weighted by molar-refractivity contribution is 6.40. The maximum Gasteiger partial charge on any atom is 0.335 e. The number of anilines is 1. The molecule has 0 saturated carbocycles. The molecule has 110 valence electrons. The zero-order valence-electron chi connectivity index (χ0n) is 10.7. The third-order valence-electron chi connectivity index (χ3n) is 2.32. The number of carboxylic acid groups (broad SMARTS) is 1. The zero-order valence-corrected chi connectivity index (χ0v) is 12.2. The first kappa shape index (κ1) is 16.7. The first-order valence-electron chi connectivity index (χ1n) is 5.67. The zero-order chi connectivity index (χ0) is 15.1. The smallest absolute Gasteiger partial charge is 0.335 e. The van der Waals surface area contributed by atoms with Gasteiger partial charge in [0, 0.05) is 13.7 Å². The van der Waals surface area contributed by atoms with Crippen molar-refractivity contribution in [1.82, 2.24) is 5.32 Å². The third kappa shape index (κ3) is 4.97. The lowest BCUT2D eigenvalue weighted by Crippen LogP contribution is -2.30. The fraction of sp³-hybridized carbons (Fsp3) is 0.333. The van der Waals surface area contributed by atoms with Crippen LogP contribution in [0.3, 0.4) is 0 Å². The molecule has 0 aliphatic carbocycles. The number of halogens is 2. The van der Waals surface area contributed by atoms with Gasteiger partial charge in [0.1, 0.15) is 0 Å². The summed E-state index contributed by atoms with van der Waals surface area (Å²) in [4.78, 5) is 22.5. The first-order valence-corrected chi connectivity index (χ1v) is 6.43. The quantitative estimate of drug-likeness (QED) is 0.667. The van der Waals surface area contributed by atoms with E-state index >= 15 is 0 Å². The number of methoxy groups -OCH3 is 1. The number of benzene rings is 1. The van der Waals surface area contributed by atoms with Crippen LogP contribution in [0.15, 0.2) is 12.1 Å². The van der Waals surface area contributed by atoms with E-state index in [0.717, 1.165) is 0 Å². The van der Waals surface area contributed by atoms with Crippen molar-refractivity contribution >= 4 is 40.8 Å². The third-order valence-corrected chi connectivity index (χ3v) is 2.92. The van der Waals surface area contributed by atoms with Crippen LogP contribution in [0.1, 0.15) is 10.4 Å². The lowest BCUT2D eigenvalue weighted by molar-refractivity contribution is -0.115. The monoisotopic (exact) mass is 320 g/mol. The van der Waals surface area contributed by atoms with Gasteiger partial charge in [0.25, 0.3) is 0 Å². The molecule has 0 saturated heterocycles. The number of ether oxygens (including phenoxy) is 1. The molecule has 1 aromatic carbocycles. The van der Waals surface area contributed by atoms with E-state index in [2.05, 4.69) is 10.6 Å². The van der Waals surface area contributed by atoms with Gasteiger partial charge in [-0.3, -0.25) is 4.79 Å². The Morgan fingerprint density at radius 2 is 1.90 bits per heavy atom. The number of hydrogen-bond acceptors (Lipinski definition) is 4. The minimum absolute atomic E-state index is 0.0452. The number of nitrogens with one attached hydrogen (secondary N) is 2. The van der Waals surface area contributed by atoms with Gasteiger partial charge in [0.2, 0.25) is 5.91 Å². The number of rotatable bonds is 7. The van der Waals surface area contributed by atoms with Crippen molar-refractivity contribution < 1.29 is 19.4 Å². The van der Waals surface area contributed by atoms with E-state index < -0.39 is 5.97 Å². The molecule has 20 heavy (non-hydrogen) atoms. The van der Waals surface area contributed by atoms with Gasteiger partial charge in [-0.05, 0) is 12.1 Å². The average Bonchev–Trinajstić information content (AvgIpc) is 2.38. The Hall–Kier alpha value is -1.34. The second-order valence-corrected chi connectivity index (χ2v) is 4.65. The minimum atomic E-state index is -1.15. The Morgan fingerprint density at radius 1 is 1.30 bits per heavy atom. The highest BCUT2D eigenvalue weighted by Crippen LogP contribution is 2.31. The topological polar surface area (TPSA) is 87.7 Å². The maximum atomic E-state index is 11.7. The van der Waals surface area contributed by atoms with Crippen LogP contribution in [0, 0.1) is 0 Å². The molecule has 0 heterocycles. The summed E-state index contributed by atoms with van der Waals surface area (Å²) in [5.74, 6) is -1.49. The molecule has 3 N–H and O–H groups in total. The molecule has 6 nitrogen and oxygen atoms in total. The molecule has 0 fully saturated rings. The van der Waals surface area contributed by atoms with E-state index in [0.29, 0.717) is 13.2 Å². The summed E-state index contributed by atoms with van der Waals surface area (Å²) in [6, 6.07) is 2.45. The second-order valence-electron chi connectivity index (χ2n) is 3.84. The molecule has 1 aromatic rings. The van der Waals surface area contributed by atoms with E-state index in [1.165, 1.54) is 12.1 Å². The molecule has 0 aliphatic heterocycles. The SMILES string of the molecule is COCCNCC(=O)Nc1c(Cl)cc(C(=O)O)cc1Cl. The highest BCUT2D eigenvalue weighted by atomic mass is 35.5. The predicted octanol–water partition coefficient (Wildman–Crippen LogP) is 1.87. The molecule has 0 spiro atoms. The van der Waals surface area contributed by atoms with Crippen molar-refractivity contribution in [1.29, 1.82) is 0 Å². The van der Waals surface area contributed by atoms with Crippen molar-refractivity contribution in [2.45, 2.75) is 0 Å². The highest BCUT2D eigenvalue weighted by Gasteiger charge is 2.14. The lowest BCUT2D eigenvalue weighted by atomic mass is 10.2. The van der Waals surface area contributed by atoms with Gasteiger partial charge in [-0.2, -0.15) is 0 Å². The van der Waals surface area contributed by atoms with Gasteiger partial charge in [0.15, 0.2) is 0 Å². The molecule has 0 unspecified atom stereocenters. The van der Waals surface area contributed by atoms with E-state index in [9.17, 15) is 9.59 Å². The minimum Gasteiger partial charge on any atom is -0.478 e. The Balaban J connectivity index is 2.68. The average molecular weight is 321 g/mol. The fourth-order valence-corrected chi connectivity index (χ4v) is 1.96. The van der Waals surface area contributed by atoms with Crippen molar-refractivity contribution in [3.05, 3.63) is 27.7 Å². The van der Waals surface area contributed by atoms with Gasteiger partial charge in [-0.15, -0.1) is 0 Å². The number of aromatic carboxylic acids is 1. The van der Waals surface area contributed by atoms with E-state index in [1.807, 2.05) is 0 Å². The van der Waals surface area contributed by atoms with Crippen LogP contribution in [-0.4, -0.2) is 43.8 Å². The summed E-state index contributed by atoms with van der Waals surface area (Å²) < 4.78 is 4.82. The number of hydrogen-bond donors (Lipinski definition) is 3. The molecule has 0 atom stereocenters. The molecule has 0 radical (unpaired) electrons. The normalized spacial score (nSPS) is 10.3. The number of carbonyl (C=O) groups is 2. The van der Waals surface area contributed by atoms with Crippen LogP contribution in [0.2, 0.25) is 10.0 Å². The molecule has 0 aromatic heterocycles. The van der Waals surface area contributed by atoms with Crippen molar-refractivity contribution in [3.8, 4) is 0 Å². The standard InChI is InChI=1S/C12H14Cl2N2O4/c1-20-3-2-15-6-10(17)16-11-8(13)4-7(12(18)19)5-9(11)14/h4-5,15H,2-3,6H2,1H3,(H,16,17)(H,18,19). The summed E-state index contributed by atoms with van der Waals surface area (Å²) in [5, 5.41) is 14.4. The lowest BCUT2D eigenvalue weighted by Gasteiger charge is -2.10. The Morgan fingerprint density at radius 3 is 2.40 bits per heavy atom. The maximum absolute atomic E-state index is 11.7. The molecule has 1 amide bonds. The number of amides is 1. The first-order chi connectivity index (χ1) is 9.45. The molecular formula is C12H14Cl2N2O4. The molecular weight excluding hydrogens is 307 g/mol. The van der Waals surface area contributed by atoms with Gasteiger partial charge >= 0.3 is 5.97 Å². The Kier molecular flexibility index (Phi) is 6.74. The number of carbonyl (C=O) groups excluding carboxylic acids is 1. The van der Waals surface area contributed by atoms with Gasteiger partial charge in [-0.25, -0.2) is 4.79 Å². The summed E-state index contributed by atoms with van der Waals surface area (Å²) >= 11 is 11.8. The van der Waals surface area contributed by atoms with Crippen LogP contribution < -0.4 is 10.6 Å². The second kappa shape index (κ2) is 8.06. The predicted molar refractivity (Wildman–Crippen MR) is 76.8 cm³/mol. The number of carboxylic acids is 1. The van der Waals surface area contributed by atoms with Crippen LogP contribution in [0.25, 0.3) is 0 Å². The summed E-state index contributed by atoms with van der Waals surface area (Å²) in [7, 11) is 1.56. The Bertz CT molecular complexity index is 485. The van der Waals surface area contributed by atoms with Gasteiger partial charge in [0.05, 0.1) is 34.4 Å². The largest absolute Gasteiger partial charge is 0.478 e. The summed E-state index contributed by atoms with van der Waals surface area (Å²) in [6.07, 6.45) is 0. The summed E-state index contributed by atoms with van der Waals surface area (Å²) in [6.45, 7) is 1.09. The molecule has 8 heteroatoms. The van der Waals surface area contributed by atoms with Crippen LogP contribution in [0.5, 0.6) is 0 Å². The van der Waals surface area contributed by atoms with Gasteiger partial charge in [-0.1, -0.05) is 23.2 Å². The van der Waals surface area contributed by atoms with E-state index in [-0.39, 0.29) is 33.7 Å². The van der Waals surface area contributed by atoms with Crippen molar-refractivity contribution in [3.63, 3.8) is 0 Å². The van der Waals surface area contributed by atoms with Crippen molar-refractivity contribution in [2.75, 3.05) is 32.1 Å². The molecule has 0 aliphatic rings. The van der Waals surface area contributed by atoms with Crippen LogP contribution in [0.4, 0.5) is 5.69 Å². The fourth-order valence-electron chi connectivity index (χ4n) is 1.38. The summed E-state index contributed by atoms with van der Waals surface area (Å²) in [5.41, 5.74) is 0.146. The molecule has 1 rings (SSSR count). The van der Waals surface area contributed by atoms with Crippen molar-refractivity contribution in [2.24, 2.45) is 0 Å².